The van der Waals surface area contributed by atoms with Crippen molar-refractivity contribution in [1.29, 1.82) is 0 Å². The number of anilines is 1. The number of amides is 2. The highest BCUT2D eigenvalue weighted by atomic mass is 79.9. The lowest BCUT2D eigenvalue weighted by Crippen LogP contribution is -2.47. The first-order valence-corrected chi connectivity index (χ1v) is 7.34. The van der Waals surface area contributed by atoms with Crippen molar-refractivity contribution in [3.63, 3.8) is 0 Å². The third-order valence-corrected chi connectivity index (χ3v) is 4.17. The van der Waals surface area contributed by atoms with Gasteiger partial charge in [0.2, 0.25) is 0 Å². The Morgan fingerprint density at radius 1 is 1.37 bits per heavy atom. The molecule has 1 saturated heterocycles. The van der Waals surface area contributed by atoms with Crippen LogP contribution < -0.4 is 10.2 Å². The van der Waals surface area contributed by atoms with Gasteiger partial charge in [0, 0.05) is 11.4 Å². The zero-order valence-corrected chi connectivity index (χ0v) is 12.4. The van der Waals surface area contributed by atoms with Crippen LogP contribution in [-0.2, 0) is 0 Å². The van der Waals surface area contributed by atoms with E-state index < -0.39 is 0 Å². The highest BCUT2D eigenvalue weighted by molar-refractivity contribution is 9.09. The molecule has 0 spiro atoms. The summed E-state index contributed by atoms with van der Waals surface area (Å²) >= 11 is 9.78. The number of halogens is 2. The Hall–Kier alpha value is -1.26. The molecule has 1 N–H and O–H groups in total. The summed E-state index contributed by atoms with van der Waals surface area (Å²) in [6.45, 7) is 0.563. The van der Waals surface area contributed by atoms with Crippen molar-refractivity contribution in [3.05, 3.63) is 52.7 Å². The maximum absolute atomic E-state index is 12.2. The van der Waals surface area contributed by atoms with Crippen molar-refractivity contribution in [2.75, 3.05) is 11.4 Å². The van der Waals surface area contributed by atoms with Gasteiger partial charge in [-0.1, -0.05) is 51.8 Å². The van der Waals surface area contributed by atoms with E-state index in [4.69, 9.17) is 11.6 Å². The molecule has 1 aliphatic carbocycles. The van der Waals surface area contributed by atoms with Gasteiger partial charge in [0.05, 0.1) is 16.4 Å². The number of rotatable bonds is 1. The monoisotopic (exact) mass is 338 g/mol. The number of urea groups is 1. The standard InChI is InChI=1S/C14H12BrClN2O/c15-10-5-6-12-9(7-10)8-17-14(19)18(12)13-4-2-1-3-11(13)16/h1-4,6-7,10H,5,8H2,(H,17,19). The largest absolute Gasteiger partial charge is 0.333 e. The summed E-state index contributed by atoms with van der Waals surface area (Å²) in [5, 5.41) is 3.45. The average Bonchev–Trinajstić information content (AvgIpc) is 2.40. The Balaban J connectivity index is 2.06. The molecule has 3 nitrogen and oxygen atoms in total. The van der Waals surface area contributed by atoms with Gasteiger partial charge in [-0.3, -0.25) is 4.90 Å². The average molecular weight is 340 g/mol. The lowest BCUT2D eigenvalue weighted by Gasteiger charge is -2.34. The summed E-state index contributed by atoms with van der Waals surface area (Å²) in [4.78, 5) is 14.1. The van der Waals surface area contributed by atoms with Gasteiger partial charge in [0.25, 0.3) is 0 Å². The zero-order chi connectivity index (χ0) is 13.4. The molecule has 0 aromatic heterocycles. The molecule has 0 bridgehead atoms. The number of hydrogen-bond acceptors (Lipinski definition) is 1. The first kappa shape index (κ1) is 12.8. The molecule has 0 radical (unpaired) electrons. The lowest BCUT2D eigenvalue weighted by atomic mass is 10.00. The van der Waals surface area contributed by atoms with E-state index in [0.29, 0.717) is 22.1 Å². The van der Waals surface area contributed by atoms with Gasteiger partial charge >= 0.3 is 6.03 Å². The number of carbonyl (C=O) groups is 1. The highest BCUT2D eigenvalue weighted by Gasteiger charge is 2.30. The van der Waals surface area contributed by atoms with Crippen molar-refractivity contribution in [3.8, 4) is 0 Å². The maximum atomic E-state index is 12.2. The summed E-state index contributed by atoms with van der Waals surface area (Å²) in [6, 6.07) is 7.24. The minimum atomic E-state index is -0.135. The first-order chi connectivity index (χ1) is 9.16. The number of fused-ring (bicyclic) bond motifs is 1. The van der Waals surface area contributed by atoms with Crippen LogP contribution >= 0.6 is 27.5 Å². The van der Waals surface area contributed by atoms with Gasteiger partial charge in [-0.15, -0.1) is 0 Å². The molecule has 19 heavy (non-hydrogen) atoms. The zero-order valence-electron chi connectivity index (χ0n) is 10.1. The second-order valence-corrected chi connectivity index (χ2v) is 6.06. The third kappa shape index (κ3) is 2.30. The maximum Gasteiger partial charge on any atom is 0.326 e. The van der Waals surface area contributed by atoms with E-state index in [9.17, 15) is 4.79 Å². The number of para-hydroxylation sites is 1. The molecule has 0 saturated carbocycles. The smallest absolute Gasteiger partial charge is 0.326 e. The van der Waals surface area contributed by atoms with Crippen LogP contribution in [0, 0.1) is 0 Å². The summed E-state index contributed by atoms with van der Waals surface area (Å²) < 4.78 is 0. The summed E-state index contributed by atoms with van der Waals surface area (Å²) in [7, 11) is 0. The van der Waals surface area contributed by atoms with Crippen molar-refractivity contribution in [1.82, 2.24) is 5.32 Å². The predicted molar refractivity (Wildman–Crippen MR) is 80.8 cm³/mol. The Morgan fingerprint density at radius 2 is 2.16 bits per heavy atom. The summed E-state index contributed by atoms with van der Waals surface area (Å²) in [6.07, 6.45) is 5.09. The van der Waals surface area contributed by atoms with Crippen LogP contribution in [0.2, 0.25) is 5.02 Å². The molecule has 1 aliphatic heterocycles. The normalized spacial score (nSPS) is 22.3. The highest BCUT2D eigenvalue weighted by Crippen LogP contribution is 2.35. The van der Waals surface area contributed by atoms with Crippen LogP contribution in [0.15, 0.2) is 47.7 Å². The number of alkyl halides is 1. The Morgan fingerprint density at radius 3 is 2.95 bits per heavy atom. The van der Waals surface area contributed by atoms with E-state index in [1.54, 1.807) is 11.0 Å². The Kier molecular flexibility index (Phi) is 3.37. The van der Waals surface area contributed by atoms with E-state index in [1.165, 1.54) is 0 Å². The van der Waals surface area contributed by atoms with Crippen LogP contribution in [0.5, 0.6) is 0 Å². The lowest BCUT2D eigenvalue weighted by molar-refractivity contribution is 0.247. The molecule has 5 heteroatoms. The predicted octanol–water partition coefficient (Wildman–Crippen LogP) is 3.85. The molecule has 2 amide bonds. The van der Waals surface area contributed by atoms with Crippen molar-refractivity contribution < 1.29 is 4.79 Å². The molecular weight excluding hydrogens is 328 g/mol. The topological polar surface area (TPSA) is 32.3 Å². The molecule has 1 fully saturated rings. The van der Waals surface area contributed by atoms with Crippen LogP contribution in [0.3, 0.4) is 0 Å². The van der Waals surface area contributed by atoms with E-state index in [2.05, 4.69) is 33.4 Å². The summed E-state index contributed by atoms with van der Waals surface area (Å²) in [5.74, 6) is 0. The second-order valence-electron chi connectivity index (χ2n) is 4.48. The van der Waals surface area contributed by atoms with Crippen molar-refractivity contribution in [2.24, 2.45) is 0 Å². The minimum absolute atomic E-state index is 0.135. The Labute approximate surface area is 125 Å². The number of hydrogen-bond donors (Lipinski definition) is 1. The number of benzene rings is 1. The Bertz CT molecular complexity index is 597. The van der Waals surface area contributed by atoms with Gasteiger partial charge in [0.15, 0.2) is 0 Å². The number of nitrogens with zero attached hydrogens (tertiary/aromatic N) is 1. The fraction of sp³-hybridized carbons (Fsp3) is 0.214. The molecular formula is C14H12BrClN2O. The number of allylic oxidation sites excluding steroid dienone is 2. The van der Waals surface area contributed by atoms with E-state index in [1.807, 2.05) is 18.2 Å². The second kappa shape index (κ2) is 5.02. The molecule has 1 aromatic rings. The molecule has 1 heterocycles. The van der Waals surface area contributed by atoms with E-state index in [-0.39, 0.29) is 6.03 Å². The first-order valence-electron chi connectivity index (χ1n) is 6.04. The molecule has 98 valence electrons. The van der Waals surface area contributed by atoms with Gasteiger partial charge < -0.3 is 5.32 Å². The SMILES string of the molecule is O=C1NCC2=CC(Br)CC=C2N1c1ccccc1Cl. The molecule has 2 aliphatic rings. The number of nitrogens with one attached hydrogen (secondary N) is 1. The number of carbonyl (C=O) groups excluding carboxylic acids is 1. The molecule has 1 unspecified atom stereocenters. The molecule has 3 rings (SSSR count). The van der Waals surface area contributed by atoms with Crippen molar-refractivity contribution >= 4 is 39.2 Å². The van der Waals surface area contributed by atoms with E-state index >= 15 is 0 Å². The quantitative estimate of drug-likeness (QED) is 0.775. The van der Waals surface area contributed by atoms with Crippen LogP contribution in [-0.4, -0.2) is 17.4 Å². The molecule has 1 atom stereocenters. The van der Waals surface area contributed by atoms with Gasteiger partial charge in [-0.25, -0.2) is 4.79 Å². The van der Waals surface area contributed by atoms with Gasteiger partial charge in [0.1, 0.15) is 0 Å². The van der Waals surface area contributed by atoms with Crippen LogP contribution in [0.25, 0.3) is 0 Å². The molecule has 1 aromatic carbocycles. The fourth-order valence-electron chi connectivity index (χ4n) is 2.34. The van der Waals surface area contributed by atoms with Gasteiger partial charge in [-0.2, -0.15) is 0 Å². The van der Waals surface area contributed by atoms with Crippen LogP contribution in [0.4, 0.5) is 10.5 Å². The summed E-state index contributed by atoms with van der Waals surface area (Å²) in [5.41, 5.74) is 2.77. The third-order valence-electron chi connectivity index (χ3n) is 3.21. The van der Waals surface area contributed by atoms with Crippen LogP contribution in [0.1, 0.15) is 6.42 Å². The van der Waals surface area contributed by atoms with Crippen molar-refractivity contribution in [2.45, 2.75) is 11.2 Å². The van der Waals surface area contributed by atoms with E-state index in [0.717, 1.165) is 17.7 Å². The minimum Gasteiger partial charge on any atom is -0.333 e. The van der Waals surface area contributed by atoms with Gasteiger partial charge in [-0.05, 0) is 24.1 Å². The fourth-order valence-corrected chi connectivity index (χ4v) is 3.07.